The number of rotatable bonds is 0. The minimum atomic E-state index is 0.712. The highest BCUT2D eigenvalue weighted by atomic mass is 16.3. The van der Waals surface area contributed by atoms with Gasteiger partial charge in [-0.15, -0.1) is 0 Å². The summed E-state index contributed by atoms with van der Waals surface area (Å²) >= 11 is 0. The van der Waals surface area contributed by atoms with Gasteiger partial charge in [-0.1, -0.05) is 59.7 Å². The van der Waals surface area contributed by atoms with Crippen molar-refractivity contribution >= 4 is 22.1 Å². The smallest absolute Gasteiger partial charge is 0.227 e. The number of fused-ring (bicyclic) bond motifs is 3. The maximum atomic E-state index is 5.54. The average molecular weight is 259 g/mol. The van der Waals surface area contributed by atoms with Gasteiger partial charge in [-0.2, -0.15) is 0 Å². The third kappa shape index (κ3) is 4.09. The lowest BCUT2D eigenvalue weighted by atomic mass is 10.2. The van der Waals surface area contributed by atoms with Gasteiger partial charge in [-0.25, -0.2) is 4.98 Å². The van der Waals surface area contributed by atoms with E-state index >= 15 is 0 Å². The van der Waals surface area contributed by atoms with E-state index in [-0.39, 0.29) is 0 Å². The molecule has 1 aromatic carbocycles. The third-order valence-corrected chi connectivity index (χ3v) is 2.16. The number of nitrogens with zero attached hydrogens (tertiary/aromatic N) is 1. The van der Waals surface area contributed by atoms with Gasteiger partial charge in [0, 0.05) is 17.0 Å². The van der Waals surface area contributed by atoms with Crippen LogP contribution >= 0.6 is 0 Å². The molecule has 3 rings (SSSR count). The number of aromatic nitrogens is 1. The Morgan fingerprint density at radius 3 is 2.00 bits per heavy atom. The van der Waals surface area contributed by atoms with Crippen molar-refractivity contribution in [2.45, 2.75) is 41.5 Å². The van der Waals surface area contributed by atoms with Crippen LogP contribution in [-0.4, -0.2) is 4.98 Å². The summed E-state index contributed by atoms with van der Waals surface area (Å²) in [6.45, 7) is 12.0. The molecule has 19 heavy (non-hydrogen) atoms. The first-order valence-electron chi connectivity index (χ1n) is 7.17. The monoisotopic (exact) mass is 259 g/mol. The van der Waals surface area contributed by atoms with Crippen LogP contribution in [0.3, 0.4) is 0 Å². The molecular weight excluding hydrogens is 234 g/mol. The first-order valence-corrected chi connectivity index (χ1v) is 7.17. The third-order valence-electron chi connectivity index (χ3n) is 2.16. The molecule has 0 bridgehead atoms. The van der Waals surface area contributed by atoms with Crippen LogP contribution < -0.4 is 0 Å². The van der Waals surface area contributed by atoms with Gasteiger partial charge >= 0.3 is 0 Å². The van der Waals surface area contributed by atoms with E-state index in [1.165, 1.54) is 0 Å². The van der Waals surface area contributed by atoms with Gasteiger partial charge in [0.1, 0.15) is 5.58 Å². The van der Waals surface area contributed by atoms with Crippen LogP contribution in [0.25, 0.3) is 22.1 Å². The molecule has 104 valence electrons. The molecule has 0 aliphatic carbocycles. The van der Waals surface area contributed by atoms with Crippen molar-refractivity contribution in [2.24, 2.45) is 0 Å². The normalized spacial score (nSPS) is 8.53. The number of hydrogen-bond acceptors (Lipinski definition) is 2. The van der Waals surface area contributed by atoms with E-state index in [4.69, 9.17) is 4.42 Å². The van der Waals surface area contributed by atoms with Gasteiger partial charge in [-0.05, 0) is 18.2 Å². The Balaban J connectivity index is 0.000000482. The van der Waals surface area contributed by atoms with E-state index in [0.29, 0.717) is 5.71 Å². The van der Waals surface area contributed by atoms with Crippen molar-refractivity contribution in [3.63, 3.8) is 0 Å². The fourth-order valence-corrected chi connectivity index (χ4v) is 1.56. The van der Waals surface area contributed by atoms with Crippen molar-refractivity contribution in [1.82, 2.24) is 4.98 Å². The second-order valence-corrected chi connectivity index (χ2v) is 2.95. The van der Waals surface area contributed by atoms with Crippen LogP contribution in [0.1, 0.15) is 41.5 Å². The lowest BCUT2D eigenvalue weighted by Crippen LogP contribution is -1.68. The standard InChI is InChI=1S/C11H7NO.3C2H6/c1-2-6-10-8(4-1)9-5-3-7-12-11(9)13-10;3*1-2/h1-7H;3*1-2H3. The Kier molecular flexibility index (Phi) is 9.15. The van der Waals surface area contributed by atoms with E-state index in [0.717, 1.165) is 16.4 Å². The zero-order valence-electron chi connectivity index (χ0n) is 12.9. The van der Waals surface area contributed by atoms with Crippen LogP contribution in [0.2, 0.25) is 0 Å². The molecular formula is C17H25NO. The minimum Gasteiger partial charge on any atom is -0.438 e. The molecule has 2 aromatic heterocycles. The summed E-state index contributed by atoms with van der Waals surface area (Å²) in [5.74, 6) is 0. The molecule has 2 heteroatoms. The van der Waals surface area contributed by atoms with Crippen molar-refractivity contribution in [2.75, 3.05) is 0 Å². The van der Waals surface area contributed by atoms with Gasteiger partial charge in [0.25, 0.3) is 0 Å². The zero-order chi connectivity index (χ0) is 14.7. The molecule has 2 nitrogen and oxygen atoms in total. The molecule has 3 aromatic rings. The topological polar surface area (TPSA) is 26.0 Å². The molecule has 0 amide bonds. The second-order valence-electron chi connectivity index (χ2n) is 2.95. The van der Waals surface area contributed by atoms with E-state index < -0.39 is 0 Å². The fraction of sp³-hybridized carbons (Fsp3) is 0.353. The molecule has 0 spiro atoms. The van der Waals surface area contributed by atoms with Crippen LogP contribution in [-0.2, 0) is 0 Å². The maximum absolute atomic E-state index is 5.54. The highest BCUT2D eigenvalue weighted by molar-refractivity contribution is 6.03. The number of para-hydroxylation sites is 1. The van der Waals surface area contributed by atoms with Crippen LogP contribution in [0, 0.1) is 0 Å². The number of furan rings is 1. The van der Waals surface area contributed by atoms with Gasteiger partial charge in [0.2, 0.25) is 5.71 Å². The Morgan fingerprint density at radius 1 is 0.737 bits per heavy atom. The summed E-state index contributed by atoms with van der Waals surface area (Å²) in [4.78, 5) is 4.15. The minimum absolute atomic E-state index is 0.712. The molecule has 0 N–H and O–H groups in total. The fourth-order valence-electron chi connectivity index (χ4n) is 1.56. The number of benzene rings is 1. The van der Waals surface area contributed by atoms with Gasteiger partial charge < -0.3 is 4.42 Å². The molecule has 0 aliphatic heterocycles. The van der Waals surface area contributed by atoms with Crippen LogP contribution in [0.5, 0.6) is 0 Å². The van der Waals surface area contributed by atoms with E-state index in [1.807, 2.05) is 77.9 Å². The summed E-state index contributed by atoms with van der Waals surface area (Å²) in [6.07, 6.45) is 1.74. The predicted molar refractivity (Wildman–Crippen MR) is 85.6 cm³/mol. The van der Waals surface area contributed by atoms with E-state index in [9.17, 15) is 0 Å². The molecule has 0 saturated carbocycles. The molecule has 0 fully saturated rings. The van der Waals surface area contributed by atoms with Crippen molar-refractivity contribution in [1.29, 1.82) is 0 Å². The Bertz CT molecular complexity index is 519. The molecule has 0 saturated heterocycles. The summed E-state index contributed by atoms with van der Waals surface area (Å²) in [6, 6.07) is 11.9. The molecule has 0 radical (unpaired) electrons. The van der Waals surface area contributed by atoms with Crippen LogP contribution in [0.15, 0.2) is 47.0 Å². The summed E-state index contributed by atoms with van der Waals surface area (Å²) in [5, 5.41) is 2.21. The molecule has 0 unspecified atom stereocenters. The molecule has 0 atom stereocenters. The second kappa shape index (κ2) is 10.1. The first kappa shape index (κ1) is 17.2. The summed E-state index contributed by atoms with van der Waals surface area (Å²) < 4.78 is 5.54. The predicted octanol–water partition coefficient (Wildman–Crippen LogP) is 6.06. The quantitative estimate of drug-likeness (QED) is 0.490. The zero-order valence-corrected chi connectivity index (χ0v) is 12.9. The lowest BCUT2D eigenvalue weighted by molar-refractivity contribution is 0.654. The Morgan fingerprint density at radius 2 is 1.32 bits per heavy atom. The number of hydrogen-bond donors (Lipinski definition) is 0. The highest BCUT2D eigenvalue weighted by Crippen LogP contribution is 2.25. The van der Waals surface area contributed by atoms with E-state index in [1.54, 1.807) is 6.20 Å². The van der Waals surface area contributed by atoms with Gasteiger partial charge in [0.05, 0.1) is 0 Å². The molecule has 2 heterocycles. The van der Waals surface area contributed by atoms with E-state index in [2.05, 4.69) is 4.98 Å². The highest BCUT2D eigenvalue weighted by Gasteiger charge is 2.04. The van der Waals surface area contributed by atoms with Crippen molar-refractivity contribution < 1.29 is 4.42 Å². The summed E-state index contributed by atoms with van der Waals surface area (Å²) in [5.41, 5.74) is 1.61. The van der Waals surface area contributed by atoms with Crippen LogP contribution in [0.4, 0.5) is 0 Å². The average Bonchev–Trinajstić information content (AvgIpc) is 2.92. The largest absolute Gasteiger partial charge is 0.438 e. The van der Waals surface area contributed by atoms with Gasteiger partial charge in [0.15, 0.2) is 0 Å². The Labute approximate surface area is 116 Å². The van der Waals surface area contributed by atoms with Crippen molar-refractivity contribution in [3.05, 3.63) is 42.6 Å². The van der Waals surface area contributed by atoms with Gasteiger partial charge in [-0.3, -0.25) is 0 Å². The SMILES string of the molecule is CC.CC.CC.c1ccc2c(c1)oc1ncccc12. The molecule has 0 aliphatic rings. The lowest BCUT2D eigenvalue weighted by Gasteiger charge is -1.84. The van der Waals surface area contributed by atoms with Crippen molar-refractivity contribution in [3.8, 4) is 0 Å². The first-order chi connectivity index (χ1) is 9.45. The maximum Gasteiger partial charge on any atom is 0.227 e. The Hall–Kier alpha value is -1.83. The summed E-state index contributed by atoms with van der Waals surface area (Å²) in [7, 11) is 0. The number of pyridine rings is 1.